The zero-order valence-corrected chi connectivity index (χ0v) is 12.2. The Morgan fingerprint density at radius 1 is 1.24 bits per heavy atom. The van der Waals surface area contributed by atoms with Gasteiger partial charge in [-0.15, -0.1) is 0 Å². The van der Waals surface area contributed by atoms with Gasteiger partial charge in [0.1, 0.15) is 11.9 Å². The second-order valence-electron chi connectivity index (χ2n) is 5.57. The Labute approximate surface area is 127 Å². The number of nitrogens with one attached hydrogen (secondary N) is 1. The van der Waals surface area contributed by atoms with Crippen molar-refractivity contribution in [2.75, 3.05) is 5.32 Å². The Bertz CT molecular complexity index is 587. The quantitative estimate of drug-likeness (QED) is 0.873. The lowest BCUT2D eigenvalue weighted by atomic mass is 10.2. The number of nitrogens with zero attached hydrogens (tertiary/aromatic N) is 1. The largest absolute Gasteiger partial charge is 0.373 e. The summed E-state index contributed by atoms with van der Waals surface area (Å²) in [6.45, 7) is 0. The molecule has 1 atom stereocenters. The van der Waals surface area contributed by atoms with Crippen molar-refractivity contribution < 1.29 is 14.0 Å². The van der Waals surface area contributed by atoms with E-state index in [2.05, 4.69) is 5.32 Å². The van der Waals surface area contributed by atoms with Gasteiger partial charge in [-0.2, -0.15) is 0 Å². The van der Waals surface area contributed by atoms with Crippen LogP contribution in [-0.2, 0) is 9.59 Å². The summed E-state index contributed by atoms with van der Waals surface area (Å²) in [5.74, 6) is -0.896. The van der Waals surface area contributed by atoms with E-state index in [0.717, 1.165) is 25.7 Å². The van der Waals surface area contributed by atoms with E-state index in [4.69, 9.17) is 11.6 Å². The molecule has 0 aromatic heterocycles. The van der Waals surface area contributed by atoms with Crippen molar-refractivity contribution in [1.82, 2.24) is 4.90 Å². The molecule has 0 radical (unpaired) electrons. The van der Waals surface area contributed by atoms with Gasteiger partial charge in [0.25, 0.3) is 5.91 Å². The molecule has 1 aliphatic carbocycles. The summed E-state index contributed by atoms with van der Waals surface area (Å²) in [7, 11) is 0. The summed E-state index contributed by atoms with van der Waals surface area (Å²) in [6.07, 6.45) is 4.02. The van der Waals surface area contributed by atoms with Crippen molar-refractivity contribution in [3.63, 3.8) is 0 Å². The average molecular weight is 311 g/mol. The zero-order chi connectivity index (χ0) is 15.0. The molecule has 1 aromatic carbocycles. The van der Waals surface area contributed by atoms with Gasteiger partial charge in [0.05, 0.1) is 11.4 Å². The van der Waals surface area contributed by atoms with Crippen LogP contribution in [0.3, 0.4) is 0 Å². The summed E-state index contributed by atoms with van der Waals surface area (Å²) in [5.41, 5.74) is 0.455. The highest BCUT2D eigenvalue weighted by Crippen LogP contribution is 2.29. The van der Waals surface area contributed by atoms with E-state index in [1.165, 1.54) is 17.0 Å². The van der Waals surface area contributed by atoms with Crippen LogP contribution in [0.1, 0.15) is 32.1 Å². The molecule has 4 nitrogen and oxygen atoms in total. The van der Waals surface area contributed by atoms with Crippen LogP contribution >= 0.6 is 11.6 Å². The summed E-state index contributed by atoms with van der Waals surface area (Å²) in [6, 6.07) is 3.69. The minimum Gasteiger partial charge on any atom is -0.373 e. The molecule has 1 aromatic rings. The third-order valence-corrected chi connectivity index (χ3v) is 4.44. The van der Waals surface area contributed by atoms with Crippen LogP contribution in [0.15, 0.2) is 18.2 Å². The summed E-state index contributed by atoms with van der Waals surface area (Å²) in [5, 5.41) is 2.96. The van der Waals surface area contributed by atoms with Gasteiger partial charge in [-0.25, -0.2) is 4.39 Å². The monoisotopic (exact) mass is 310 g/mol. The van der Waals surface area contributed by atoms with Gasteiger partial charge in [0.2, 0.25) is 5.91 Å². The number of likely N-dealkylation sites (tertiary alicyclic amines) is 1. The molecule has 1 N–H and O–H groups in total. The minimum absolute atomic E-state index is 0.0296. The average Bonchev–Trinajstić information content (AvgIpc) is 3.04. The highest BCUT2D eigenvalue weighted by molar-refractivity contribution is 6.30. The normalized spacial score (nSPS) is 23.1. The maximum Gasteiger partial charge on any atom is 0.252 e. The Balaban J connectivity index is 1.73. The molecule has 2 aliphatic rings. The minimum atomic E-state index is -0.612. The van der Waals surface area contributed by atoms with Gasteiger partial charge in [0, 0.05) is 11.7 Å². The van der Waals surface area contributed by atoms with Crippen LogP contribution in [0.4, 0.5) is 10.1 Å². The summed E-state index contributed by atoms with van der Waals surface area (Å²) in [4.78, 5) is 25.8. The van der Waals surface area contributed by atoms with Crippen LogP contribution in [0.2, 0.25) is 5.02 Å². The fourth-order valence-corrected chi connectivity index (χ4v) is 3.21. The van der Waals surface area contributed by atoms with E-state index in [-0.39, 0.29) is 29.3 Å². The van der Waals surface area contributed by atoms with Gasteiger partial charge in [-0.1, -0.05) is 24.4 Å². The number of halogens is 2. The van der Waals surface area contributed by atoms with Gasteiger partial charge < -0.3 is 5.32 Å². The van der Waals surface area contributed by atoms with Crippen molar-refractivity contribution in [3.8, 4) is 0 Å². The zero-order valence-electron chi connectivity index (χ0n) is 11.4. The predicted molar refractivity (Wildman–Crippen MR) is 77.5 cm³/mol. The second-order valence-corrected chi connectivity index (χ2v) is 5.98. The molecule has 1 heterocycles. The SMILES string of the molecule is O=C1CC(Nc2ccc(Cl)c(F)c2)C(=O)N1C1CCCC1. The van der Waals surface area contributed by atoms with Crippen molar-refractivity contribution in [2.45, 2.75) is 44.2 Å². The van der Waals surface area contributed by atoms with Crippen molar-refractivity contribution >= 4 is 29.1 Å². The third kappa shape index (κ3) is 2.75. The first-order chi connectivity index (χ1) is 10.1. The standard InChI is InChI=1S/C15H16ClFN2O2/c16-11-6-5-9(7-12(11)17)18-13-8-14(20)19(15(13)21)10-3-1-2-4-10/h5-7,10,13,18H,1-4,8H2. The molecule has 0 bridgehead atoms. The van der Waals surface area contributed by atoms with E-state index in [1.807, 2.05) is 0 Å². The van der Waals surface area contributed by atoms with E-state index < -0.39 is 11.9 Å². The first-order valence-corrected chi connectivity index (χ1v) is 7.51. The lowest BCUT2D eigenvalue weighted by Gasteiger charge is -2.22. The number of rotatable bonds is 3. The predicted octanol–water partition coefficient (Wildman–Crippen LogP) is 2.96. The molecule has 112 valence electrons. The second kappa shape index (κ2) is 5.64. The molecule has 2 fully saturated rings. The van der Waals surface area contributed by atoms with Gasteiger partial charge >= 0.3 is 0 Å². The summed E-state index contributed by atoms with van der Waals surface area (Å²) >= 11 is 5.63. The van der Waals surface area contributed by atoms with Crippen LogP contribution in [0, 0.1) is 5.82 Å². The fraction of sp³-hybridized carbons (Fsp3) is 0.467. The van der Waals surface area contributed by atoms with Gasteiger partial charge in [-0.05, 0) is 31.0 Å². The lowest BCUT2D eigenvalue weighted by molar-refractivity contribution is -0.141. The van der Waals surface area contributed by atoms with Gasteiger partial charge in [0.15, 0.2) is 0 Å². The molecule has 0 spiro atoms. The number of hydrogen-bond donors (Lipinski definition) is 1. The molecule has 1 unspecified atom stereocenters. The van der Waals surface area contributed by atoms with Crippen LogP contribution in [0.25, 0.3) is 0 Å². The van der Waals surface area contributed by atoms with Gasteiger partial charge in [-0.3, -0.25) is 14.5 Å². The Morgan fingerprint density at radius 2 is 1.95 bits per heavy atom. The molecule has 6 heteroatoms. The molecule has 3 rings (SSSR count). The van der Waals surface area contributed by atoms with Crippen molar-refractivity contribution in [2.24, 2.45) is 0 Å². The Hall–Kier alpha value is -1.62. The van der Waals surface area contributed by atoms with E-state index in [0.29, 0.717) is 5.69 Å². The van der Waals surface area contributed by atoms with Crippen molar-refractivity contribution in [1.29, 1.82) is 0 Å². The van der Waals surface area contributed by atoms with E-state index in [9.17, 15) is 14.0 Å². The number of anilines is 1. The first-order valence-electron chi connectivity index (χ1n) is 7.14. The summed E-state index contributed by atoms with van der Waals surface area (Å²) < 4.78 is 13.4. The highest BCUT2D eigenvalue weighted by atomic mass is 35.5. The number of hydrogen-bond acceptors (Lipinski definition) is 3. The fourth-order valence-electron chi connectivity index (χ4n) is 3.10. The number of amides is 2. The Kier molecular flexibility index (Phi) is 3.85. The van der Waals surface area contributed by atoms with Crippen LogP contribution in [0.5, 0.6) is 0 Å². The number of imide groups is 1. The topological polar surface area (TPSA) is 49.4 Å². The molecular formula is C15H16ClFN2O2. The van der Waals surface area contributed by atoms with E-state index in [1.54, 1.807) is 6.07 Å². The van der Waals surface area contributed by atoms with E-state index >= 15 is 0 Å². The number of carbonyl (C=O) groups is 2. The third-order valence-electron chi connectivity index (χ3n) is 4.13. The van der Waals surface area contributed by atoms with Crippen LogP contribution in [-0.4, -0.2) is 28.8 Å². The first kappa shape index (κ1) is 14.3. The maximum absolute atomic E-state index is 13.4. The molecule has 1 saturated carbocycles. The maximum atomic E-state index is 13.4. The molecular weight excluding hydrogens is 295 g/mol. The Morgan fingerprint density at radius 3 is 2.62 bits per heavy atom. The molecule has 1 saturated heterocycles. The number of benzene rings is 1. The van der Waals surface area contributed by atoms with Crippen molar-refractivity contribution in [3.05, 3.63) is 29.0 Å². The lowest BCUT2D eigenvalue weighted by Crippen LogP contribution is -2.40. The smallest absolute Gasteiger partial charge is 0.252 e. The highest BCUT2D eigenvalue weighted by Gasteiger charge is 2.42. The molecule has 21 heavy (non-hydrogen) atoms. The molecule has 1 aliphatic heterocycles. The van der Waals surface area contributed by atoms with Crippen LogP contribution < -0.4 is 5.32 Å². The number of carbonyl (C=O) groups excluding carboxylic acids is 2. The molecule has 2 amide bonds.